The number of halogens is 2. The van der Waals surface area contributed by atoms with Crippen LogP contribution in [-0.2, 0) is 13.6 Å². The second-order valence-corrected chi connectivity index (χ2v) is 5.17. The van der Waals surface area contributed by atoms with Gasteiger partial charge >= 0.3 is 6.61 Å². The van der Waals surface area contributed by atoms with Crippen molar-refractivity contribution >= 4 is 11.0 Å². The summed E-state index contributed by atoms with van der Waals surface area (Å²) < 4.78 is 31.2. The summed E-state index contributed by atoms with van der Waals surface area (Å²) in [6, 6.07) is 5.58. The molecule has 2 aromatic heterocycles. The van der Waals surface area contributed by atoms with Crippen LogP contribution in [0.25, 0.3) is 11.0 Å². The smallest absolute Gasteiger partial charge is 0.387 e. The van der Waals surface area contributed by atoms with E-state index in [0.29, 0.717) is 16.6 Å². The molecule has 24 heavy (non-hydrogen) atoms. The second-order valence-electron chi connectivity index (χ2n) is 5.17. The summed E-state index contributed by atoms with van der Waals surface area (Å²) in [5.41, 5.74) is 0.610. The van der Waals surface area contributed by atoms with E-state index in [1.54, 1.807) is 7.05 Å². The fraction of sp³-hybridized carbons (Fsp3) is 0.267. The van der Waals surface area contributed by atoms with Crippen molar-refractivity contribution in [2.24, 2.45) is 7.05 Å². The van der Waals surface area contributed by atoms with Crippen molar-refractivity contribution in [3.8, 4) is 5.75 Å². The molecule has 9 heteroatoms. The number of aromatic nitrogens is 4. The van der Waals surface area contributed by atoms with Crippen LogP contribution in [0.2, 0.25) is 0 Å². The molecule has 0 aliphatic heterocycles. The number of ether oxygens (including phenoxy) is 1. The summed E-state index contributed by atoms with van der Waals surface area (Å²) in [6.45, 7) is -2.93. The summed E-state index contributed by atoms with van der Waals surface area (Å²) in [6.07, 6.45) is 1.76. The summed E-state index contributed by atoms with van der Waals surface area (Å²) >= 11 is 0. The van der Waals surface area contributed by atoms with Gasteiger partial charge in [-0.15, -0.1) is 0 Å². The van der Waals surface area contributed by atoms with E-state index in [4.69, 9.17) is 0 Å². The maximum atomic E-state index is 12.3. The number of aryl methyl sites for hydroxylation is 1. The van der Waals surface area contributed by atoms with Crippen LogP contribution in [0.15, 0.2) is 41.6 Å². The molecule has 0 saturated heterocycles. The van der Waals surface area contributed by atoms with E-state index in [1.165, 1.54) is 46.0 Å². The normalized spacial score (nSPS) is 12.7. The maximum Gasteiger partial charge on any atom is 0.387 e. The predicted octanol–water partition coefficient (Wildman–Crippen LogP) is 1.46. The first-order valence-corrected chi connectivity index (χ1v) is 7.05. The molecule has 126 valence electrons. The number of benzene rings is 1. The average molecular weight is 336 g/mol. The SMILES string of the molecule is Cn1ncc2c(=O)n(CC(O)c3ccc(OC(F)F)cc3)cnc21. The lowest BCUT2D eigenvalue weighted by molar-refractivity contribution is -0.0498. The number of hydrogen-bond acceptors (Lipinski definition) is 5. The van der Waals surface area contributed by atoms with E-state index in [9.17, 15) is 18.7 Å². The molecule has 1 N–H and O–H groups in total. The van der Waals surface area contributed by atoms with Crippen LogP contribution in [0.4, 0.5) is 8.78 Å². The van der Waals surface area contributed by atoms with E-state index in [-0.39, 0.29) is 17.9 Å². The second kappa shape index (κ2) is 6.36. The molecule has 0 saturated carbocycles. The molecule has 1 aromatic carbocycles. The number of fused-ring (bicyclic) bond motifs is 1. The Labute approximate surface area is 134 Å². The Kier molecular flexibility index (Phi) is 4.26. The highest BCUT2D eigenvalue weighted by Gasteiger charge is 2.13. The lowest BCUT2D eigenvalue weighted by Crippen LogP contribution is -2.23. The first-order chi connectivity index (χ1) is 11.5. The molecule has 0 spiro atoms. The first-order valence-electron chi connectivity index (χ1n) is 7.05. The van der Waals surface area contributed by atoms with Crippen molar-refractivity contribution in [1.29, 1.82) is 0 Å². The van der Waals surface area contributed by atoms with Crippen LogP contribution in [0.3, 0.4) is 0 Å². The Bertz CT molecular complexity index is 905. The maximum absolute atomic E-state index is 12.3. The Balaban J connectivity index is 1.80. The standard InChI is InChI=1S/C15H14F2N4O3/c1-20-13-11(6-19-20)14(23)21(8-18-13)7-12(22)9-2-4-10(5-3-9)24-15(16)17/h2-6,8,12,15,22H,7H2,1H3. The van der Waals surface area contributed by atoms with Gasteiger partial charge < -0.3 is 9.84 Å². The molecule has 0 bridgehead atoms. The fourth-order valence-corrected chi connectivity index (χ4v) is 2.36. The number of rotatable bonds is 5. The Hall–Kier alpha value is -2.81. The van der Waals surface area contributed by atoms with Gasteiger partial charge in [-0.1, -0.05) is 12.1 Å². The van der Waals surface area contributed by atoms with E-state index < -0.39 is 12.7 Å². The van der Waals surface area contributed by atoms with Crippen LogP contribution in [-0.4, -0.2) is 31.0 Å². The highest BCUT2D eigenvalue weighted by Crippen LogP contribution is 2.20. The molecule has 3 rings (SSSR count). The molecular formula is C15H14F2N4O3. The molecule has 7 nitrogen and oxygen atoms in total. The van der Waals surface area contributed by atoms with E-state index in [1.807, 2.05) is 0 Å². The van der Waals surface area contributed by atoms with Gasteiger partial charge in [-0.2, -0.15) is 13.9 Å². The van der Waals surface area contributed by atoms with Crippen molar-refractivity contribution in [3.05, 3.63) is 52.7 Å². The Morgan fingerprint density at radius 2 is 2.00 bits per heavy atom. The number of hydrogen-bond donors (Lipinski definition) is 1. The predicted molar refractivity (Wildman–Crippen MR) is 80.8 cm³/mol. The van der Waals surface area contributed by atoms with Gasteiger partial charge in [0.2, 0.25) is 0 Å². The van der Waals surface area contributed by atoms with Gasteiger partial charge in [0.05, 0.1) is 18.8 Å². The Morgan fingerprint density at radius 3 is 2.67 bits per heavy atom. The third-order valence-electron chi connectivity index (χ3n) is 3.58. The zero-order valence-electron chi connectivity index (χ0n) is 12.6. The minimum absolute atomic E-state index is 0.00318. The first kappa shape index (κ1) is 16.1. The van der Waals surface area contributed by atoms with Gasteiger partial charge in [-0.3, -0.25) is 14.0 Å². The van der Waals surface area contributed by atoms with Crippen molar-refractivity contribution < 1.29 is 18.6 Å². The zero-order chi connectivity index (χ0) is 17.3. The lowest BCUT2D eigenvalue weighted by atomic mass is 10.1. The third kappa shape index (κ3) is 3.11. The molecule has 1 unspecified atom stereocenters. The minimum atomic E-state index is -2.91. The van der Waals surface area contributed by atoms with E-state index in [0.717, 1.165) is 0 Å². The van der Waals surface area contributed by atoms with Crippen LogP contribution < -0.4 is 10.3 Å². The molecule has 1 atom stereocenters. The Morgan fingerprint density at radius 1 is 1.29 bits per heavy atom. The molecule has 0 aliphatic rings. The van der Waals surface area contributed by atoms with Gasteiger partial charge in [0.1, 0.15) is 17.5 Å². The summed E-state index contributed by atoms with van der Waals surface area (Å²) in [5.74, 6) is -0.00318. The van der Waals surface area contributed by atoms with Gasteiger partial charge in [0, 0.05) is 7.05 Å². The molecule has 0 amide bonds. The molecule has 3 aromatic rings. The highest BCUT2D eigenvalue weighted by molar-refractivity contribution is 5.72. The van der Waals surface area contributed by atoms with Crippen LogP contribution in [0, 0.1) is 0 Å². The monoisotopic (exact) mass is 336 g/mol. The average Bonchev–Trinajstić information content (AvgIpc) is 2.92. The largest absolute Gasteiger partial charge is 0.435 e. The van der Waals surface area contributed by atoms with E-state index >= 15 is 0 Å². The quantitative estimate of drug-likeness (QED) is 0.763. The summed E-state index contributed by atoms with van der Waals surface area (Å²) in [4.78, 5) is 16.5. The van der Waals surface area contributed by atoms with Crippen molar-refractivity contribution in [2.75, 3.05) is 0 Å². The topological polar surface area (TPSA) is 82.2 Å². The van der Waals surface area contributed by atoms with Crippen LogP contribution in [0.5, 0.6) is 5.75 Å². The number of alkyl halides is 2. The lowest BCUT2D eigenvalue weighted by Gasteiger charge is -2.13. The van der Waals surface area contributed by atoms with Crippen LogP contribution >= 0.6 is 0 Å². The van der Waals surface area contributed by atoms with Gasteiger partial charge in [-0.05, 0) is 17.7 Å². The molecular weight excluding hydrogens is 322 g/mol. The molecule has 0 radical (unpaired) electrons. The molecule has 0 fully saturated rings. The van der Waals surface area contributed by atoms with Gasteiger partial charge in [-0.25, -0.2) is 4.98 Å². The van der Waals surface area contributed by atoms with Crippen molar-refractivity contribution in [2.45, 2.75) is 19.3 Å². The highest BCUT2D eigenvalue weighted by atomic mass is 19.3. The zero-order valence-corrected chi connectivity index (χ0v) is 12.6. The van der Waals surface area contributed by atoms with Crippen LogP contribution in [0.1, 0.15) is 11.7 Å². The minimum Gasteiger partial charge on any atom is -0.435 e. The number of aliphatic hydroxyl groups excluding tert-OH is 1. The van der Waals surface area contributed by atoms with Crippen molar-refractivity contribution in [1.82, 2.24) is 19.3 Å². The number of aliphatic hydroxyl groups is 1. The van der Waals surface area contributed by atoms with Crippen molar-refractivity contribution in [3.63, 3.8) is 0 Å². The molecule has 2 heterocycles. The summed E-state index contributed by atoms with van der Waals surface area (Å²) in [7, 11) is 1.68. The number of nitrogens with zero attached hydrogens (tertiary/aromatic N) is 4. The third-order valence-corrected chi connectivity index (χ3v) is 3.58. The van der Waals surface area contributed by atoms with E-state index in [2.05, 4.69) is 14.8 Å². The summed E-state index contributed by atoms with van der Waals surface area (Å²) in [5, 5.41) is 14.6. The fourth-order valence-electron chi connectivity index (χ4n) is 2.36. The molecule has 0 aliphatic carbocycles. The van der Waals surface area contributed by atoms with Gasteiger partial charge in [0.25, 0.3) is 5.56 Å². The van der Waals surface area contributed by atoms with Gasteiger partial charge in [0.15, 0.2) is 5.65 Å².